The van der Waals surface area contributed by atoms with Gasteiger partial charge in [0.05, 0.1) is 5.56 Å². The van der Waals surface area contributed by atoms with Crippen LogP contribution < -0.4 is 0 Å². The van der Waals surface area contributed by atoms with Crippen molar-refractivity contribution >= 4 is 11.9 Å². The maximum atomic E-state index is 12.3. The summed E-state index contributed by atoms with van der Waals surface area (Å²) in [5, 5.41) is 8.81. The molecular formula is C14H19N3O3. The number of aromatic nitrogens is 1. The number of piperazine rings is 1. The Kier molecular flexibility index (Phi) is 4.34. The van der Waals surface area contributed by atoms with Gasteiger partial charge in [-0.05, 0) is 25.6 Å². The lowest BCUT2D eigenvalue weighted by molar-refractivity contribution is 0.0522. The monoisotopic (exact) mass is 277 g/mol. The van der Waals surface area contributed by atoms with Gasteiger partial charge >= 0.3 is 5.97 Å². The van der Waals surface area contributed by atoms with Crippen LogP contribution >= 0.6 is 0 Å². The number of carbonyl (C=O) groups is 2. The van der Waals surface area contributed by atoms with E-state index < -0.39 is 5.97 Å². The van der Waals surface area contributed by atoms with Gasteiger partial charge < -0.3 is 10.0 Å². The maximum Gasteiger partial charge on any atom is 0.337 e. The van der Waals surface area contributed by atoms with E-state index in [1.165, 1.54) is 18.3 Å². The molecule has 1 aromatic rings. The standard InChI is InChI=1S/C14H19N3O3/c1-3-16-6-7-17(9-10(16)2)13(18)12-5-4-11(8-15-12)14(19)20/h4-5,8,10H,3,6-7,9H2,1-2H3,(H,19,20). The maximum absolute atomic E-state index is 12.3. The molecule has 2 rings (SSSR count). The van der Waals surface area contributed by atoms with Crippen LogP contribution in [0.25, 0.3) is 0 Å². The fourth-order valence-electron chi connectivity index (χ4n) is 2.46. The molecule has 108 valence electrons. The van der Waals surface area contributed by atoms with E-state index in [-0.39, 0.29) is 11.5 Å². The van der Waals surface area contributed by atoms with Crippen molar-refractivity contribution < 1.29 is 14.7 Å². The normalized spacial score (nSPS) is 19.9. The zero-order valence-electron chi connectivity index (χ0n) is 11.7. The Balaban J connectivity index is 2.06. The van der Waals surface area contributed by atoms with Crippen LogP contribution in [0, 0.1) is 0 Å². The zero-order chi connectivity index (χ0) is 14.7. The Morgan fingerprint density at radius 3 is 2.65 bits per heavy atom. The average Bonchev–Trinajstić information content (AvgIpc) is 2.46. The van der Waals surface area contributed by atoms with Gasteiger partial charge in [-0.3, -0.25) is 14.7 Å². The number of aromatic carboxylic acids is 1. The van der Waals surface area contributed by atoms with Crippen molar-refractivity contribution in [1.29, 1.82) is 0 Å². The molecule has 1 atom stereocenters. The molecule has 0 bridgehead atoms. The Morgan fingerprint density at radius 1 is 1.40 bits per heavy atom. The van der Waals surface area contributed by atoms with E-state index in [0.29, 0.717) is 24.8 Å². The molecule has 6 heteroatoms. The Morgan fingerprint density at radius 2 is 2.15 bits per heavy atom. The molecule has 0 radical (unpaired) electrons. The van der Waals surface area contributed by atoms with Crippen molar-refractivity contribution in [2.45, 2.75) is 19.9 Å². The predicted octanol–water partition coefficient (Wildman–Crippen LogP) is 0.946. The van der Waals surface area contributed by atoms with Crippen LogP contribution in [0.4, 0.5) is 0 Å². The number of amides is 1. The van der Waals surface area contributed by atoms with Crippen LogP contribution in [-0.2, 0) is 0 Å². The van der Waals surface area contributed by atoms with Gasteiger partial charge in [-0.1, -0.05) is 6.92 Å². The second kappa shape index (κ2) is 6.00. The molecule has 2 heterocycles. The van der Waals surface area contributed by atoms with Crippen molar-refractivity contribution in [3.8, 4) is 0 Å². The van der Waals surface area contributed by atoms with Crippen LogP contribution in [0.15, 0.2) is 18.3 Å². The highest BCUT2D eigenvalue weighted by molar-refractivity contribution is 5.93. The fraction of sp³-hybridized carbons (Fsp3) is 0.500. The Bertz CT molecular complexity index is 501. The summed E-state index contributed by atoms with van der Waals surface area (Å²) in [6.45, 7) is 7.41. The lowest BCUT2D eigenvalue weighted by Crippen LogP contribution is -2.53. The summed E-state index contributed by atoms with van der Waals surface area (Å²) in [6.07, 6.45) is 1.22. The largest absolute Gasteiger partial charge is 0.478 e. The first-order valence-corrected chi connectivity index (χ1v) is 6.75. The van der Waals surface area contributed by atoms with Crippen LogP contribution in [0.1, 0.15) is 34.7 Å². The number of hydrogen-bond acceptors (Lipinski definition) is 4. The van der Waals surface area contributed by atoms with Gasteiger partial charge in [0.25, 0.3) is 5.91 Å². The third-order valence-corrected chi connectivity index (χ3v) is 3.69. The molecule has 1 amide bonds. The van der Waals surface area contributed by atoms with Gasteiger partial charge in [-0.25, -0.2) is 4.79 Å². The van der Waals surface area contributed by atoms with E-state index in [0.717, 1.165) is 13.1 Å². The molecule has 1 aromatic heterocycles. The topological polar surface area (TPSA) is 73.7 Å². The number of carbonyl (C=O) groups excluding carboxylic acids is 1. The van der Waals surface area contributed by atoms with E-state index in [1.54, 1.807) is 4.90 Å². The zero-order valence-corrected chi connectivity index (χ0v) is 11.7. The molecule has 1 fully saturated rings. The van der Waals surface area contributed by atoms with Crippen molar-refractivity contribution in [3.63, 3.8) is 0 Å². The van der Waals surface area contributed by atoms with Crippen LogP contribution in [-0.4, -0.2) is 64.0 Å². The molecule has 20 heavy (non-hydrogen) atoms. The molecule has 0 aromatic carbocycles. The van der Waals surface area contributed by atoms with E-state index >= 15 is 0 Å². The molecule has 1 aliphatic rings. The van der Waals surface area contributed by atoms with Crippen LogP contribution in [0.5, 0.6) is 0 Å². The summed E-state index contributed by atoms with van der Waals surface area (Å²) in [6, 6.07) is 3.22. The van der Waals surface area contributed by atoms with Gasteiger partial charge in [0, 0.05) is 31.9 Å². The molecule has 0 spiro atoms. The highest BCUT2D eigenvalue weighted by atomic mass is 16.4. The minimum absolute atomic E-state index is 0.0886. The number of likely N-dealkylation sites (N-methyl/N-ethyl adjacent to an activating group) is 1. The lowest BCUT2D eigenvalue weighted by atomic mass is 10.1. The number of rotatable bonds is 3. The summed E-state index contributed by atoms with van der Waals surface area (Å²) in [7, 11) is 0. The Hall–Kier alpha value is -1.95. The first-order valence-electron chi connectivity index (χ1n) is 6.75. The first-order chi connectivity index (χ1) is 9.52. The number of hydrogen-bond donors (Lipinski definition) is 1. The van der Waals surface area contributed by atoms with Crippen molar-refractivity contribution in [2.75, 3.05) is 26.2 Å². The second-order valence-corrected chi connectivity index (χ2v) is 4.97. The third kappa shape index (κ3) is 2.96. The minimum atomic E-state index is -1.04. The quantitative estimate of drug-likeness (QED) is 0.890. The molecule has 0 saturated carbocycles. The highest BCUT2D eigenvalue weighted by Gasteiger charge is 2.26. The number of carboxylic acids is 1. The summed E-state index contributed by atoms with van der Waals surface area (Å²) < 4.78 is 0. The van der Waals surface area contributed by atoms with Crippen molar-refractivity contribution in [1.82, 2.24) is 14.8 Å². The SMILES string of the molecule is CCN1CCN(C(=O)c2ccc(C(=O)O)cn2)CC1C. The van der Waals surface area contributed by atoms with Gasteiger partial charge in [0.1, 0.15) is 5.69 Å². The van der Waals surface area contributed by atoms with Gasteiger partial charge in [0.2, 0.25) is 0 Å². The van der Waals surface area contributed by atoms with Gasteiger partial charge in [-0.15, -0.1) is 0 Å². The fourth-order valence-corrected chi connectivity index (χ4v) is 2.46. The minimum Gasteiger partial charge on any atom is -0.478 e. The van der Waals surface area contributed by atoms with Crippen molar-refractivity contribution in [2.24, 2.45) is 0 Å². The van der Waals surface area contributed by atoms with E-state index in [4.69, 9.17) is 5.11 Å². The van der Waals surface area contributed by atoms with E-state index in [1.807, 2.05) is 0 Å². The third-order valence-electron chi connectivity index (χ3n) is 3.69. The predicted molar refractivity (Wildman–Crippen MR) is 73.8 cm³/mol. The summed E-state index contributed by atoms with van der Waals surface area (Å²) in [5.41, 5.74) is 0.387. The van der Waals surface area contributed by atoms with Crippen LogP contribution in [0.3, 0.4) is 0 Å². The average molecular weight is 277 g/mol. The molecular weight excluding hydrogens is 258 g/mol. The first kappa shape index (κ1) is 14.5. The summed E-state index contributed by atoms with van der Waals surface area (Å²) in [5.74, 6) is -1.17. The second-order valence-electron chi connectivity index (χ2n) is 4.97. The van der Waals surface area contributed by atoms with Crippen LogP contribution in [0.2, 0.25) is 0 Å². The number of nitrogens with zero attached hydrogens (tertiary/aromatic N) is 3. The summed E-state index contributed by atoms with van der Waals surface area (Å²) >= 11 is 0. The smallest absolute Gasteiger partial charge is 0.337 e. The molecule has 1 saturated heterocycles. The van der Waals surface area contributed by atoms with Gasteiger partial charge in [0.15, 0.2) is 0 Å². The number of carboxylic acid groups (broad SMARTS) is 1. The van der Waals surface area contributed by atoms with Crippen molar-refractivity contribution in [3.05, 3.63) is 29.6 Å². The van der Waals surface area contributed by atoms with E-state index in [2.05, 4.69) is 23.7 Å². The molecule has 1 N–H and O–H groups in total. The molecule has 1 unspecified atom stereocenters. The Labute approximate surface area is 118 Å². The molecule has 6 nitrogen and oxygen atoms in total. The molecule has 0 aliphatic carbocycles. The molecule has 1 aliphatic heterocycles. The lowest BCUT2D eigenvalue weighted by Gasteiger charge is -2.39. The number of pyridine rings is 1. The van der Waals surface area contributed by atoms with Gasteiger partial charge in [-0.2, -0.15) is 0 Å². The summed E-state index contributed by atoms with van der Waals surface area (Å²) in [4.78, 5) is 31.1. The van der Waals surface area contributed by atoms with E-state index in [9.17, 15) is 9.59 Å². The highest BCUT2D eigenvalue weighted by Crippen LogP contribution is 2.12.